The average Bonchev–Trinajstić information content (AvgIpc) is 2.93. The van der Waals surface area contributed by atoms with Gasteiger partial charge in [-0.05, 0) is 56.8 Å². The summed E-state index contributed by atoms with van der Waals surface area (Å²) in [6, 6.07) is 8.48. The highest BCUT2D eigenvalue weighted by Gasteiger charge is 2.31. The molecule has 0 saturated heterocycles. The van der Waals surface area contributed by atoms with Crippen LogP contribution in [0.4, 0.5) is 0 Å². The second kappa shape index (κ2) is 5.72. The lowest BCUT2D eigenvalue weighted by molar-refractivity contribution is 0.278. The Morgan fingerprint density at radius 2 is 2.09 bits per heavy atom. The second-order valence-corrected chi connectivity index (χ2v) is 7.08. The lowest BCUT2D eigenvalue weighted by Crippen LogP contribution is -2.52. The van der Waals surface area contributed by atoms with E-state index in [1.54, 1.807) is 6.20 Å². The zero-order valence-corrected chi connectivity index (χ0v) is 14.1. The fraction of sp³-hybridized carbons (Fsp3) is 0.412. The molecule has 0 amide bonds. The van der Waals surface area contributed by atoms with Gasteiger partial charge >= 0.3 is 0 Å². The van der Waals surface area contributed by atoms with Crippen molar-refractivity contribution in [3.8, 4) is 0 Å². The van der Waals surface area contributed by atoms with Crippen molar-refractivity contribution in [2.24, 2.45) is 0 Å². The highest BCUT2D eigenvalue weighted by atomic mass is 32.1. The second-order valence-electron chi connectivity index (χ2n) is 6.69. The van der Waals surface area contributed by atoms with E-state index in [9.17, 15) is 0 Å². The molecule has 0 bridgehead atoms. The van der Waals surface area contributed by atoms with Gasteiger partial charge in [0.25, 0.3) is 0 Å². The van der Waals surface area contributed by atoms with Crippen LogP contribution in [0, 0.1) is 0 Å². The Kier molecular flexibility index (Phi) is 3.91. The first-order chi connectivity index (χ1) is 10.5. The lowest BCUT2D eigenvalue weighted by atomic mass is 10.0. The third-order valence-electron chi connectivity index (χ3n) is 3.78. The van der Waals surface area contributed by atoms with E-state index in [-0.39, 0.29) is 11.6 Å². The van der Waals surface area contributed by atoms with Crippen molar-refractivity contribution in [2.75, 3.05) is 6.54 Å². The summed E-state index contributed by atoms with van der Waals surface area (Å²) in [4.78, 5) is 6.56. The first-order valence-electron chi connectivity index (χ1n) is 7.59. The summed E-state index contributed by atoms with van der Waals surface area (Å²) in [5, 5.41) is 4.24. The molecule has 5 heteroatoms. The molecule has 116 valence electrons. The summed E-state index contributed by atoms with van der Waals surface area (Å²) in [5.41, 5.74) is 2.38. The van der Waals surface area contributed by atoms with Gasteiger partial charge in [0.2, 0.25) is 0 Å². The number of hydrogen-bond acceptors (Lipinski definition) is 2. The lowest BCUT2D eigenvalue weighted by Gasteiger charge is -2.40. The van der Waals surface area contributed by atoms with E-state index in [0.29, 0.717) is 0 Å². The summed E-state index contributed by atoms with van der Waals surface area (Å²) in [6.07, 6.45) is 5.87. The molecule has 0 aliphatic carbocycles. The zero-order valence-electron chi connectivity index (χ0n) is 13.3. The van der Waals surface area contributed by atoms with Gasteiger partial charge in [-0.3, -0.25) is 4.98 Å². The highest BCUT2D eigenvalue weighted by molar-refractivity contribution is 7.80. The largest absolute Gasteiger partial charge is 0.358 e. The Labute approximate surface area is 137 Å². The first kappa shape index (κ1) is 15.0. The van der Waals surface area contributed by atoms with E-state index in [2.05, 4.69) is 64.9 Å². The maximum absolute atomic E-state index is 5.69. The number of hydrogen-bond donors (Lipinski definition) is 1. The van der Waals surface area contributed by atoms with Crippen LogP contribution in [0.3, 0.4) is 0 Å². The Morgan fingerprint density at radius 1 is 1.27 bits per heavy atom. The van der Waals surface area contributed by atoms with Crippen molar-refractivity contribution in [3.05, 3.63) is 54.1 Å². The van der Waals surface area contributed by atoms with Crippen molar-refractivity contribution in [2.45, 2.75) is 38.9 Å². The molecule has 1 aliphatic rings. The molecule has 4 nitrogen and oxygen atoms in total. The van der Waals surface area contributed by atoms with Crippen LogP contribution in [0.15, 0.2) is 42.9 Å². The normalized spacial score (nSPS) is 18.0. The molecule has 2 aromatic rings. The fourth-order valence-corrected chi connectivity index (χ4v) is 3.39. The molecule has 1 atom stereocenters. The predicted molar refractivity (Wildman–Crippen MR) is 92.7 cm³/mol. The van der Waals surface area contributed by atoms with Gasteiger partial charge in [-0.1, -0.05) is 6.07 Å². The van der Waals surface area contributed by atoms with Gasteiger partial charge in [0.1, 0.15) is 0 Å². The van der Waals surface area contributed by atoms with E-state index in [1.165, 1.54) is 11.3 Å². The molecule has 3 rings (SSSR count). The SMILES string of the molecule is CC(C)(C)NC(=S)N1CCn2cccc2[C@@H]1c1cccnc1. The standard InChI is InChI=1S/C17H22N4S/c1-17(2,3)19-16(22)21-11-10-20-9-5-7-14(20)15(21)13-6-4-8-18-12-13/h4-9,12,15H,10-11H2,1-3H3,(H,19,22)/t15-/m0/s1. The molecule has 1 N–H and O–H groups in total. The molecular formula is C17H22N4S. The Bertz CT molecular complexity index is 657. The minimum atomic E-state index is -0.0456. The summed E-state index contributed by atoms with van der Waals surface area (Å²) in [6.45, 7) is 8.23. The minimum Gasteiger partial charge on any atom is -0.358 e. The Morgan fingerprint density at radius 3 is 2.77 bits per heavy atom. The highest BCUT2D eigenvalue weighted by Crippen LogP contribution is 2.32. The fourth-order valence-electron chi connectivity index (χ4n) is 2.88. The Hall–Kier alpha value is -1.88. The molecule has 0 saturated carbocycles. The molecule has 0 fully saturated rings. The number of nitrogens with one attached hydrogen (secondary N) is 1. The van der Waals surface area contributed by atoms with Crippen molar-refractivity contribution in [3.63, 3.8) is 0 Å². The van der Waals surface area contributed by atoms with Crippen LogP contribution in [0.1, 0.15) is 38.1 Å². The van der Waals surface area contributed by atoms with Crippen LogP contribution in [-0.2, 0) is 6.54 Å². The number of fused-ring (bicyclic) bond motifs is 1. The monoisotopic (exact) mass is 314 g/mol. The summed E-state index contributed by atoms with van der Waals surface area (Å²) < 4.78 is 2.30. The smallest absolute Gasteiger partial charge is 0.170 e. The van der Waals surface area contributed by atoms with Crippen molar-refractivity contribution in [1.82, 2.24) is 19.8 Å². The van der Waals surface area contributed by atoms with Gasteiger partial charge in [0.15, 0.2) is 5.11 Å². The van der Waals surface area contributed by atoms with Crippen LogP contribution < -0.4 is 5.32 Å². The minimum absolute atomic E-state index is 0.0456. The van der Waals surface area contributed by atoms with Crippen molar-refractivity contribution in [1.29, 1.82) is 0 Å². The molecule has 0 aromatic carbocycles. The van der Waals surface area contributed by atoms with E-state index in [1.807, 2.05) is 12.3 Å². The predicted octanol–water partition coefficient (Wildman–Crippen LogP) is 2.96. The first-order valence-corrected chi connectivity index (χ1v) is 8.00. The van der Waals surface area contributed by atoms with Crippen LogP contribution in [0.2, 0.25) is 0 Å². The molecule has 3 heterocycles. The van der Waals surface area contributed by atoms with Gasteiger partial charge in [-0.2, -0.15) is 0 Å². The topological polar surface area (TPSA) is 33.1 Å². The van der Waals surface area contributed by atoms with E-state index < -0.39 is 0 Å². The van der Waals surface area contributed by atoms with Crippen LogP contribution >= 0.6 is 12.2 Å². The van der Waals surface area contributed by atoms with Crippen molar-refractivity contribution < 1.29 is 0 Å². The maximum Gasteiger partial charge on any atom is 0.170 e. The molecule has 0 spiro atoms. The molecule has 2 aromatic heterocycles. The molecule has 22 heavy (non-hydrogen) atoms. The average molecular weight is 314 g/mol. The maximum atomic E-state index is 5.69. The van der Waals surface area contributed by atoms with E-state index in [0.717, 1.165) is 18.2 Å². The zero-order chi connectivity index (χ0) is 15.7. The molecule has 0 radical (unpaired) electrons. The van der Waals surface area contributed by atoms with Gasteiger partial charge in [-0.15, -0.1) is 0 Å². The molecule has 1 aliphatic heterocycles. The van der Waals surface area contributed by atoms with E-state index in [4.69, 9.17) is 12.2 Å². The van der Waals surface area contributed by atoms with Gasteiger partial charge in [0, 0.05) is 42.9 Å². The van der Waals surface area contributed by atoms with Gasteiger partial charge in [-0.25, -0.2) is 0 Å². The van der Waals surface area contributed by atoms with Crippen LogP contribution in [0.25, 0.3) is 0 Å². The molecular weight excluding hydrogens is 292 g/mol. The number of thiocarbonyl (C=S) groups is 1. The third kappa shape index (κ3) is 2.99. The van der Waals surface area contributed by atoms with Crippen LogP contribution in [0.5, 0.6) is 0 Å². The number of rotatable bonds is 1. The summed E-state index contributed by atoms with van der Waals surface area (Å²) in [7, 11) is 0. The van der Waals surface area contributed by atoms with E-state index >= 15 is 0 Å². The van der Waals surface area contributed by atoms with Gasteiger partial charge in [0.05, 0.1) is 6.04 Å². The third-order valence-corrected chi connectivity index (χ3v) is 4.12. The molecule has 0 unspecified atom stereocenters. The quantitative estimate of drug-likeness (QED) is 0.821. The number of nitrogens with zero attached hydrogens (tertiary/aromatic N) is 3. The Balaban J connectivity index is 1.97. The van der Waals surface area contributed by atoms with Gasteiger partial charge < -0.3 is 14.8 Å². The number of pyridine rings is 1. The summed E-state index contributed by atoms with van der Waals surface area (Å²) in [5.74, 6) is 0. The van der Waals surface area contributed by atoms with Crippen molar-refractivity contribution >= 4 is 17.3 Å². The number of aromatic nitrogens is 2. The summed E-state index contributed by atoms with van der Waals surface area (Å²) >= 11 is 5.69. The van der Waals surface area contributed by atoms with Crippen LogP contribution in [-0.4, -0.2) is 31.6 Å².